The molecule has 0 aliphatic carbocycles. The summed E-state index contributed by atoms with van der Waals surface area (Å²) in [5.41, 5.74) is 0. The number of hydrogen-bond donors (Lipinski definition) is 0. The Kier molecular flexibility index (Phi) is 4.01. The van der Waals surface area contributed by atoms with E-state index in [4.69, 9.17) is 0 Å². The first-order valence-electron chi connectivity index (χ1n) is 4.07. The molecule has 4 heteroatoms. The van der Waals surface area contributed by atoms with E-state index in [1.807, 2.05) is 23.5 Å². The Hall–Kier alpha value is -0.0900. The van der Waals surface area contributed by atoms with Gasteiger partial charge in [0.25, 0.3) is 0 Å². The van der Waals surface area contributed by atoms with Crippen molar-refractivity contribution in [3.05, 3.63) is 6.07 Å². The van der Waals surface area contributed by atoms with Crippen LogP contribution in [0.1, 0.15) is 13.8 Å². The minimum Gasteiger partial charge on any atom is -0.261 e. The van der Waals surface area contributed by atoms with Crippen molar-refractivity contribution in [1.82, 2.24) is 9.78 Å². The van der Waals surface area contributed by atoms with E-state index in [1.165, 1.54) is 5.03 Å². The first-order valence-corrected chi connectivity index (χ1v) is 6.04. The Bertz CT molecular complexity index is 245. The fraction of sp³-hybridized carbons (Fsp3) is 0.625. The molecule has 0 bridgehead atoms. The first kappa shape index (κ1) is 9.99. The zero-order valence-corrected chi connectivity index (χ0v) is 9.34. The minimum atomic E-state index is 1.09. The number of hydrogen-bond acceptors (Lipinski definition) is 3. The van der Waals surface area contributed by atoms with Crippen molar-refractivity contribution in [3.63, 3.8) is 0 Å². The summed E-state index contributed by atoms with van der Waals surface area (Å²) >= 11 is 3.63. The van der Waals surface area contributed by atoms with Crippen molar-refractivity contribution >= 4 is 23.5 Å². The van der Waals surface area contributed by atoms with Crippen molar-refractivity contribution in [2.45, 2.75) is 23.9 Å². The van der Waals surface area contributed by atoms with Crippen LogP contribution in [0.3, 0.4) is 0 Å². The van der Waals surface area contributed by atoms with E-state index in [0.29, 0.717) is 0 Å². The van der Waals surface area contributed by atoms with Gasteiger partial charge in [0.1, 0.15) is 5.03 Å². The molecule has 1 rings (SSSR count). The predicted octanol–water partition coefficient (Wildman–Crippen LogP) is 2.64. The zero-order chi connectivity index (χ0) is 8.97. The maximum Gasteiger partial charge on any atom is 0.119 e. The van der Waals surface area contributed by atoms with Crippen LogP contribution in [0.25, 0.3) is 0 Å². The Morgan fingerprint density at radius 1 is 1.33 bits per heavy atom. The van der Waals surface area contributed by atoms with E-state index >= 15 is 0 Å². The molecule has 1 aromatic heterocycles. The molecular formula is C8H14N2S2. The van der Waals surface area contributed by atoms with Crippen molar-refractivity contribution in [2.75, 3.05) is 11.5 Å². The second-order valence-corrected chi connectivity index (χ2v) is 4.88. The molecule has 0 fully saturated rings. The molecule has 0 amide bonds. The number of aromatic nitrogens is 2. The van der Waals surface area contributed by atoms with Gasteiger partial charge >= 0.3 is 0 Å². The van der Waals surface area contributed by atoms with Crippen LogP contribution in [-0.2, 0) is 7.05 Å². The van der Waals surface area contributed by atoms with Crippen molar-refractivity contribution < 1.29 is 0 Å². The van der Waals surface area contributed by atoms with Crippen LogP contribution in [0.15, 0.2) is 16.1 Å². The van der Waals surface area contributed by atoms with Gasteiger partial charge in [0.05, 0.1) is 5.03 Å². The van der Waals surface area contributed by atoms with E-state index in [0.717, 1.165) is 16.5 Å². The molecule has 0 unspecified atom stereocenters. The average Bonchev–Trinajstić information content (AvgIpc) is 2.34. The molecule has 12 heavy (non-hydrogen) atoms. The summed E-state index contributed by atoms with van der Waals surface area (Å²) in [7, 11) is 2.00. The second-order valence-electron chi connectivity index (χ2n) is 2.31. The van der Waals surface area contributed by atoms with E-state index in [-0.39, 0.29) is 0 Å². The molecule has 0 spiro atoms. The molecule has 0 aliphatic rings. The lowest BCUT2D eigenvalue weighted by molar-refractivity contribution is 0.681. The molecule has 0 N–H and O–H groups in total. The second kappa shape index (κ2) is 4.82. The standard InChI is InChI=1S/C8H14N2S2/c1-4-11-7-6-8(12-5-2)10(3)9-7/h6H,4-5H2,1-3H3. The topological polar surface area (TPSA) is 17.8 Å². The van der Waals surface area contributed by atoms with E-state index in [9.17, 15) is 0 Å². The predicted molar refractivity (Wildman–Crippen MR) is 56.0 cm³/mol. The van der Waals surface area contributed by atoms with Crippen molar-refractivity contribution in [2.24, 2.45) is 7.05 Å². The highest BCUT2D eigenvalue weighted by Gasteiger charge is 2.03. The third kappa shape index (κ3) is 2.45. The Balaban J connectivity index is 2.70. The van der Waals surface area contributed by atoms with Crippen LogP contribution in [-0.4, -0.2) is 21.3 Å². The van der Waals surface area contributed by atoms with Gasteiger partial charge in [-0.05, 0) is 11.5 Å². The highest BCUT2D eigenvalue weighted by atomic mass is 32.2. The Labute approximate surface area is 82.1 Å². The SMILES string of the molecule is CCSc1cc(SCC)n(C)n1. The first-order chi connectivity index (χ1) is 5.77. The van der Waals surface area contributed by atoms with Gasteiger partial charge in [-0.3, -0.25) is 4.68 Å². The lowest BCUT2D eigenvalue weighted by Crippen LogP contribution is -1.91. The lowest BCUT2D eigenvalue weighted by Gasteiger charge is -1.95. The Morgan fingerprint density at radius 2 is 2.00 bits per heavy atom. The quantitative estimate of drug-likeness (QED) is 0.699. The van der Waals surface area contributed by atoms with Gasteiger partial charge in [0.15, 0.2) is 0 Å². The monoisotopic (exact) mass is 202 g/mol. The fourth-order valence-electron chi connectivity index (χ4n) is 0.926. The minimum absolute atomic E-state index is 1.09. The molecule has 1 heterocycles. The molecule has 0 saturated heterocycles. The summed E-state index contributed by atoms with van der Waals surface area (Å²) in [6.45, 7) is 4.30. The highest BCUT2D eigenvalue weighted by Crippen LogP contribution is 2.23. The largest absolute Gasteiger partial charge is 0.261 e. The van der Waals surface area contributed by atoms with Gasteiger partial charge in [-0.15, -0.1) is 23.5 Å². The van der Waals surface area contributed by atoms with Gasteiger partial charge in [-0.1, -0.05) is 13.8 Å². The van der Waals surface area contributed by atoms with Crippen LogP contribution >= 0.6 is 23.5 Å². The number of rotatable bonds is 4. The molecule has 0 saturated carbocycles. The maximum absolute atomic E-state index is 4.38. The summed E-state index contributed by atoms with van der Waals surface area (Å²) in [5.74, 6) is 2.20. The van der Waals surface area contributed by atoms with Crippen LogP contribution in [0.4, 0.5) is 0 Å². The summed E-state index contributed by atoms with van der Waals surface area (Å²) in [5, 5.41) is 6.77. The summed E-state index contributed by atoms with van der Waals surface area (Å²) < 4.78 is 1.95. The number of nitrogens with zero attached hydrogens (tertiary/aromatic N) is 2. The third-order valence-electron chi connectivity index (χ3n) is 1.40. The van der Waals surface area contributed by atoms with Gasteiger partial charge in [-0.25, -0.2) is 0 Å². The van der Waals surface area contributed by atoms with Crippen LogP contribution < -0.4 is 0 Å². The fourth-order valence-corrected chi connectivity index (χ4v) is 2.39. The average molecular weight is 202 g/mol. The summed E-state index contributed by atoms with van der Waals surface area (Å²) in [6, 6.07) is 2.16. The van der Waals surface area contributed by atoms with Gasteiger partial charge in [0, 0.05) is 13.1 Å². The molecule has 68 valence electrons. The van der Waals surface area contributed by atoms with E-state index in [2.05, 4.69) is 25.0 Å². The maximum atomic E-state index is 4.38. The normalized spacial score (nSPS) is 10.6. The van der Waals surface area contributed by atoms with Gasteiger partial charge in [0.2, 0.25) is 0 Å². The Morgan fingerprint density at radius 3 is 2.58 bits per heavy atom. The zero-order valence-electron chi connectivity index (χ0n) is 7.70. The molecule has 0 aliphatic heterocycles. The van der Waals surface area contributed by atoms with Crippen LogP contribution in [0.5, 0.6) is 0 Å². The molecule has 0 radical (unpaired) electrons. The summed E-state index contributed by atoms with van der Waals surface area (Å²) in [4.78, 5) is 0. The third-order valence-corrected chi connectivity index (χ3v) is 3.15. The molecule has 2 nitrogen and oxygen atoms in total. The number of thioether (sulfide) groups is 2. The molecule has 0 aromatic carbocycles. The van der Waals surface area contributed by atoms with Crippen LogP contribution in [0, 0.1) is 0 Å². The molecule has 0 atom stereocenters. The number of aryl methyl sites for hydroxylation is 1. The smallest absolute Gasteiger partial charge is 0.119 e. The molecular weight excluding hydrogens is 188 g/mol. The van der Waals surface area contributed by atoms with Gasteiger partial charge < -0.3 is 0 Å². The van der Waals surface area contributed by atoms with Crippen LogP contribution in [0.2, 0.25) is 0 Å². The highest BCUT2D eigenvalue weighted by molar-refractivity contribution is 8.00. The molecule has 1 aromatic rings. The van der Waals surface area contributed by atoms with Gasteiger partial charge in [-0.2, -0.15) is 5.10 Å². The van der Waals surface area contributed by atoms with E-state index < -0.39 is 0 Å². The lowest BCUT2D eigenvalue weighted by atomic mass is 10.7. The van der Waals surface area contributed by atoms with Crippen molar-refractivity contribution in [3.8, 4) is 0 Å². The van der Waals surface area contributed by atoms with E-state index in [1.54, 1.807) is 11.8 Å². The summed E-state index contributed by atoms with van der Waals surface area (Å²) in [6.07, 6.45) is 0. The van der Waals surface area contributed by atoms with Crippen molar-refractivity contribution in [1.29, 1.82) is 0 Å².